The van der Waals surface area contributed by atoms with Crippen molar-refractivity contribution in [1.29, 1.82) is 0 Å². The van der Waals surface area contributed by atoms with Gasteiger partial charge < -0.3 is 10.2 Å². The zero-order valence-electron chi connectivity index (χ0n) is 15.2. The van der Waals surface area contributed by atoms with Gasteiger partial charge in [-0.2, -0.15) is 0 Å². The summed E-state index contributed by atoms with van der Waals surface area (Å²) in [7, 11) is -2.81. The first-order chi connectivity index (χ1) is 10.9. The zero-order valence-corrected chi connectivity index (χ0v) is 18.3. The normalized spacial score (nSPS) is 24.9. The molecule has 0 aromatic heterocycles. The van der Waals surface area contributed by atoms with E-state index in [0.717, 1.165) is 51.6 Å². The Labute approximate surface area is 164 Å². The van der Waals surface area contributed by atoms with Gasteiger partial charge in [-0.15, -0.1) is 24.0 Å². The molecule has 1 unspecified atom stereocenters. The van der Waals surface area contributed by atoms with E-state index in [9.17, 15) is 8.42 Å². The smallest absolute Gasteiger partial charge is 0.194 e. The minimum absolute atomic E-state index is 0. The Morgan fingerprint density at radius 1 is 1.25 bits per heavy atom. The lowest BCUT2D eigenvalue weighted by Gasteiger charge is -2.37. The molecule has 0 saturated carbocycles. The molecule has 0 aromatic rings. The molecule has 24 heavy (non-hydrogen) atoms. The molecule has 8 heteroatoms. The molecular weight excluding hydrogens is 439 g/mol. The van der Waals surface area contributed by atoms with Gasteiger partial charge in [0.2, 0.25) is 0 Å². The second-order valence-electron chi connectivity index (χ2n) is 7.15. The van der Waals surface area contributed by atoms with E-state index in [1.54, 1.807) is 0 Å². The van der Waals surface area contributed by atoms with Crippen molar-refractivity contribution in [3.8, 4) is 0 Å². The minimum Gasteiger partial charge on any atom is -0.357 e. The van der Waals surface area contributed by atoms with Crippen LogP contribution < -0.4 is 5.32 Å². The van der Waals surface area contributed by atoms with Gasteiger partial charge in [0.15, 0.2) is 15.8 Å². The number of aliphatic imine (C=N–C) groups is 1. The van der Waals surface area contributed by atoms with E-state index >= 15 is 0 Å². The monoisotopic (exact) mass is 472 g/mol. The molecule has 6 nitrogen and oxygen atoms in total. The highest BCUT2D eigenvalue weighted by molar-refractivity contribution is 14.0. The van der Waals surface area contributed by atoms with Crippen molar-refractivity contribution in [2.75, 3.05) is 57.3 Å². The Bertz CT molecular complexity index is 502. The fourth-order valence-electron chi connectivity index (χ4n) is 3.32. The van der Waals surface area contributed by atoms with Gasteiger partial charge in [0, 0.05) is 45.8 Å². The Kier molecular flexibility index (Phi) is 9.29. The van der Waals surface area contributed by atoms with Gasteiger partial charge in [-0.3, -0.25) is 9.89 Å². The van der Waals surface area contributed by atoms with Gasteiger partial charge in [0.1, 0.15) is 0 Å². The molecule has 1 N–H and O–H groups in total. The van der Waals surface area contributed by atoms with Gasteiger partial charge in [0.05, 0.1) is 11.5 Å². The predicted octanol–water partition coefficient (Wildman–Crippen LogP) is 1.28. The Balaban J connectivity index is 0.00000288. The standard InChI is InChI=1S/C16H32N4O2S.HI/c1-4-17-16(18-11-15-5-10-23(21,22)13-15)20-8-6-19(7-9-20)12-14(2)3;/h14-15H,4-13H2,1-3H3,(H,17,18);1H. The summed E-state index contributed by atoms with van der Waals surface area (Å²) >= 11 is 0. The second-order valence-corrected chi connectivity index (χ2v) is 9.37. The van der Waals surface area contributed by atoms with Crippen LogP contribution in [-0.4, -0.2) is 81.5 Å². The van der Waals surface area contributed by atoms with E-state index in [0.29, 0.717) is 24.0 Å². The molecule has 0 radical (unpaired) electrons. The van der Waals surface area contributed by atoms with Crippen LogP contribution in [0.5, 0.6) is 0 Å². The maximum atomic E-state index is 11.6. The number of sulfone groups is 1. The number of guanidine groups is 1. The van der Waals surface area contributed by atoms with E-state index in [-0.39, 0.29) is 29.9 Å². The topological polar surface area (TPSA) is 65.0 Å². The first-order valence-electron chi connectivity index (χ1n) is 8.85. The molecule has 0 aromatic carbocycles. The van der Waals surface area contributed by atoms with Crippen LogP contribution in [-0.2, 0) is 9.84 Å². The first kappa shape index (κ1) is 22.0. The Morgan fingerprint density at radius 2 is 1.92 bits per heavy atom. The lowest BCUT2D eigenvalue weighted by molar-refractivity contribution is 0.164. The Hall–Kier alpha value is -0.0900. The summed E-state index contributed by atoms with van der Waals surface area (Å²) in [5.41, 5.74) is 0. The molecule has 1 atom stereocenters. The second kappa shape index (κ2) is 10.2. The molecule has 2 fully saturated rings. The number of nitrogens with one attached hydrogen (secondary N) is 1. The van der Waals surface area contributed by atoms with E-state index in [1.807, 2.05) is 0 Å². The van der Waals surface area contributed by atoms with Crippen LogP contribution in [0.25, 0.3) is 0 Å². The Morgan fingerprint density at radius 3 is 2.42 bits per heavy atom. The molecule has 0 spiro atoms. The molecule has 2 saturated heterocycles. The van der Waals surface area contributed by atoms with E-state index < -0.39 is 9.84 Å². The first-order valence-corrected chi connectivity index (χ1v) is 10.7. The van der Waals surface area contributed by atoms with Crippen LogP contribution in [0.1, 0.15) is 27.2 Å². The summed E-state index contributed by atoms with van der Waals surface area (Å²) in [5.74, 6) is 2.47. The van der Waals surface area contributed by atoms with Crippen molar-refractivity contribution in [2.45, 2.75) is 27.2 Å². The van der Waals surface area contributed by atoms with Crippen LogP contribution in [0.2, 0.25) is 0 Å². The van der Waals surface area contributed by atoms with Crippen molar-refractivity contribution >= 4 is 39.8 Å². The number of hydrogen-bond acceptors (Lipinski definition) is 4. The fraction of sp³-hybridized carbons (Fsp3) is 0.938. The summed E-state index contributed by atoms with van der Waals surface area (Å²) in [6.45, 7) is 13.3. The summed E-state index contributed by atoms with van der Waals surface area (Å²) in [6, 6.07) is 0. The van der Waals surface area contributed by atoms with Gasteiger partial charge in [-0.25, -0.2) is 8.42 Å². The van der Waals surface area contributed by atoms with E-state index in [2.05, 4.69) is 35.9 Å². The van der Waals surface area contributed by atoms with Crippen LogP contribution in [0, 0.1) is 11.8 Å². The van der Waals surface area contributed by atoms with Gasteiger partial charge in [-0.1, -0.05) is 13.8 Å². The highest BCUT2D eigenvalue weighted by Crippen LogP contribution is 2.18. The SMILES string of the molecule is CCNC(=NCC1CCS(=O)(=O)C1)N1CCN(CC(C)C)CC1.I. The molecule has 142 valence electrons. The number of nitrogens with zero attached hydrogens (tertiary/aromatic N) is 3. The average molecular weight is 472 g/mol. The molecule has 0 amide bonds. The van der Waals surface area contributed by atoms with Gasteiger partial charge >= 0.3 is 0 Å². The fourth-order valence-corrected chi connectivity index (χ4v) is 5.17. The largest absolute Gasteiger partial charge is 0.357 e. The predicted molar refractivity (Wildman–Crippen MR) is 111 cm³/mol. The molecule has 2 aliphatic heterocycles. The molecule has 2 rings (SSSR count). The van der Waals surface area contributed by atoms with E-state index in [1.165, 1.54) is 0 Å². The van der Waals surface area contributed by atoms with Gasteiger partial charge in [-0.05, 0) is 25.2 Å². The molecule has 2 aliphatic rings. The third kappa shape index (κ3) is 7.03. The highest BCUT2D eigenvalue weighted by Gasteiger charge is 2.28. The average Bonchev–Trinajstić information content (AvgIpc) is 2.83. The quantitative estimate of drug-likeness (QED) is 0.371. The summed E-state index contributed by atoms with van der Waals surface area (Å²) < 4.78 is 23.1. The van der Waals surface area contributed by atoms with E-state index in [4.69, 9.17) is 4.99 Å². The molecular formula is C16H33IN4O2S. The van der Waals surface area contributed by atoms with Crippen molar-refractivity contribution in [3.63, 3.8) is 0 Å². The van der Waals surface area contributed by atoms with Crippen molar-refractivity contribution in [1.82, 2.24) is 15.1 Å². The van der Waals surface area contributed by atoms with Crippen LogP contribution in [0.3, 0.4) is 0 Å². The number of hydrogen-bond donors (Lipinski definition) is 1. The van der Waals surface area contributed by atoms with Gasteiger partial charge in [0.25, 0.3) is 0 Å². The number of rotatable bonds is 5. The summed E-state index contributed by atoms with van der Waals surface area (Å²) in [5, 5.41) is 3.36. The van der Waals surface area contributed by atoms with Crippen molar-refractivity contribution < 1.29 is 8.42 Å². The van der Waals surface area contributed by atoms with Crippen LogP contribution >= 0.6 is 24.0 Å². The lowest BCUT2D eigenvalue weighted by atomic mass is 10.1. The molecule has 0 aliphatic carbocycles. The third-order valence-electron chi connectivity index (χ3n) is 4.46. The maximum absolute atomic E-state index is 11.6. The highest BCUT2D eigenvalue weighted by atomic mass is 127. The minimum atomic E-state index is -2.81. The van der Waals surface area contributed by atoms with Crippen LogP contribution in [0.15, 0.2) is 4.99 Å². The van der Waals surface area contributed by atoms with Crippen LogP contribution in [0.4, 0.5) is 0 Å². The lowest BCUT2D eigenvalue weighted by Crippen LogP contribution is -2.53. The third-order valence-corrected chi connectivity index (χ3v) is 6.29. The molecule has 0 bridgehead atoms. The molecule has 2 heterocycles. The summed E-state index contributed by atoms with van der Waals surface area (Å²) in [6.07, 6.45) is 0.757. The van der Waals surface area contributed by atoms with Crippen molar-refractivity contribution in [2.24, 2.45) is 16.8 Å². The maximum Gasteiger partial charge on any atom is 0.194 e. The summed E-state index contributed by atoms with van der Waals surface area (Å²) in [4.78, 5) is 9.54. The number of piperazine rings is 1. The van der Waals surface area contributed by atoms with Crippen molar-refractivity contribution in [3.05, 3.63) is 0 Å². The number of halogens is 1. The zero-order chi connectivity index (χ0) is 16.9.